The van der Waals surface area contributed by atoms with E-state index in [2.05, 4.69) is 70.2 Å². The van der Waals surface area contributed by atoms with Gasteiger partial charge in [-0.05, 0) is 49.1 Å². The van der Waals surface area contributed by atoms with Gasteiger partial charge < -0.3 is 5.73 Å². The molecule has 162 valence electrons. The predicted octanol–water partition coefficient (Wildman–Crippen LogP) is 6.80. The number of aliphatic imine (C=N–C) groups is 2. The van der Waals surface area contributed by atoms with E-state index in [9.17, 15) is 0 Å². The molecule has 0 aliphatic carbocycles. The molecule has 0 fully saturated rings. The van der Waals surface area contributed by atoms with Crippen molar-refractivity contribution in [1.29, 1.82) is 0 Å². The van der Waals surface area contributed by atoms with Gasteiger partial charge in [-0.25, -0.2) is 4.99 Å². The average molecular weight is 414 g/mol. The van der Waals surface area contributed by atoms with Crippen molar-refractivity contribution >= 4 is 11.7 Å². The molecule has 3 rings (SSSR count). The van der Waals surface area contributed by atoms with Gasteiger partial charge in [-0.2, -0.15) is 0 Å². The Morgan fingerprint density at radius 3 is 2.00 bits per heavy atom. The van der Waals surface area contributed by atoms with Gasteiger partial charge in [0.1, 0.15) is 5.84 Å². The van der Waals surface area contributed by atoms with Crippen LogP contribution in [0.3, 0.4) is 0 Å². The van der Waals surface area contributed by atoms with E-state index in [1.165, 1.54) is 16.7 Å². The summed E-state index contributed by atoms with van der Waals surface area (Å²) >= 11 is 0. The number of aryl methyl sites for hydroxylation is 2. The Hall–Kier alpha value is -3.20. The van der Waals surface area contributed by atoms with Crippen LogP contribution in [0.5, 0.6) is 0 Å². The summed E-state index contributed by atoms with van der Waals surface area (Å²) in [5, 5.41) is 0. The van der Waals surface area contributed by atoms with E-state index in [4.69, 9.17) is 15.7 Å². The van der Waals surface area contributed by atoms with Crippen molar-refractivity contribution in [2.45, 2.75) is 41.5 Å². The summed E-state index contributed by atoms with van der Waals surface area (Å²) in [6.07, 6.45) is 0. The van der Waals surface area contributed by atoms with Gasteiger partial charge in [-0.1, -0.05) is 93.4 Å². The second-order valence-corrected chi connectivity index (χ2v) is 7.88. The van der Waals surface area contributed by atoms with Crippen LogP contribution in [0.15, 0.2) is 82.8 Å². The number of rotatable bonds is 5. The Balaban J connectivity index is 0.00000166. The number of nitrogens with two attached hydrogens (primary N) is 1. The van der Waals surface area contributed by atoms with Crippen LogP contribution in [0, 0.1) is 19.8 Å². The van der Waals surface area contributed by atoms with E-state index in [1.54, 1.807) is 0 Å². The quantitative estimate of drug-likeness (QED) is 0.363. The summed E-state index contributed by atoms with van der Waals surface area (Å²) in [4.78, 5) is 9.54. The number of nitrogens with zero attached hydrogens (tertiary/aromatic N) is 2. The molecule has 0 unspecified atom stereocenters. The molecule has 0 aromatic heterocycles. The number of hydrogen-bond acceptors (Lipinski definition) is 1. The summed E-state index contributed by atoms with van der Waals surface area (Å²) in [6.45, 7) is 13.1. The van der Waals surface area contributed by atoms with Crippen molar-refractivity contribution in [2.24, 2.45) is 21.6 Å². The first kappa shape index (κ1) is 24.1. The van der Waals surface area contributed by atoms with Crippen molar-refractivity contribution in [1.82, 2.24) is 0 Å². The van der Waals surface area contributed by atoms with E-state index < -0.39 is 0 Å². The van der Waals surface area contributed by atoms with Gasteiger partial charge in [0.15, 0.2) is 5.84 Å². The van der Waals surface area contributed by atoms with Gasteiger partial charge in [0.25, 0.3) is 0 Å². The highest BCUT2D eigenvalue weighted by Crippen LogP contribution is 2.21. The third kappa shape index (κ3) is 7.21. The monoisotopic (exact) mass is 413 g/mol. The number of amidine groups is 2. The van der Waals surface area contributed by atoms with Crippen LogP contribution >= 0.6 is 0 Å². The Labute approximate surface area is 187 Å². The van der Waals surface area contributed by atoms with E-state index >= 15 is 0 Å². The summed E-state index contributed by atoms with van der Waals surface area (Å²) < 4.78 is 0. The van der Waals surface area contributed by atoms with Crippen LogP contribution in [-0.2, 0) is 0 Å². The second kappa shape index (κ2) is 11.8. The lowest BCUT2D eigenvalue weighted by atomic mass is 10.0. The van der Waals surface area contributed by atoms with Gasteiger partial charge in [-0.3, -0.25) is 4.99 Å². The zero-order chi connectivity index (χ0) is 22.8. The van der Waals surface area contributed by atoms with Gasteiger partial charge in [-0.15, -0.1) is 0 Å². The first-order valence-corrected chi connectivity index (χ1v) is 11.1. The lowest BCUT2D eigenvalue weighted by Gasteiger charge is -2.09. The first-order chi connectivity index (χ1) is 14.9. The summed E-state index contributed by atoms with van der Waals surface area (Å²) in [5.74, 6) is 1.61. The summed E-state index contributed by atoms with van der Waals surface area (Å²) in [6, 6.07) is 24.9. The molecule has 3 aromatic rings. The maximum absolute atomic E-state index is 6.40. The van der Waals surface area contributed by atoms with Gasteiger partial charge in [0.2, 0.25) is 0 Å². The maximum Gasteiger partial charge on any atom is 0.157 e. The molecule has 0 spiro atoms. The fourth-order valence-electron chi connectivity index (χ4n) is 3.23. The smallest absolute Gasteiger partial charge is 0.157 e. The normalized spacial score (nSPS) is 11.8. The molecule has 0 aliphatic heterocycles. The molecule has 3 nitrogen and oxygen atoms in total. The summed E-state index contributed by atoms with van der Waals surface area (Å²) in [7, 11) is 0. The fourth-order valence-corrected chi connectivity index (χ4v) is 3.23. The molecule has 0 heterocycles. The van der Waals surface area contributed by atoms with Gasteiger partial charge in [0, 0.05) is 17.7 Å². The van der Waals surface area contributed by atoms with Crippen LogP contribution < -0.4 is 5.73 Å². The minimum Gasteiger partial charge on any atom is -0.383 e. The zero-order valence-corrected chi connectivity index (χ0v) is 19.7. The van der Waals surface area contributed by atoms with Crippen LogP contribution in [0.25, 0.3) is 11.1 Å². The largest absolute Gasteiger partial charge is 0.383 e. The van der Waals surface area contributed by atoms with E-state index in [-0.39, 0.29) is 0 Å². The second-order valence-electron chi connectivity index (χ2n) is 7.88. The van der Waals surface area contributed by atoms with Crippen LogP contribution in [0.1, 0.15) is 49.9 Å². The molecule has 0 aliphatic rings. The minimum absolute atomic E-state index is 0.444. The highest BCUT2D eigenvalue weighted by Gasteiger charge is 2.08. The molecule has 0 amide bonds. The predicted molar refractivity (Wildman–Crippen MR) is 136 cm³/mol. The molecule has 0 saturated heterocycles. The number of hydrogen-bond donors (Lipinski definition) is 1. The molecule has 0 atom stereocenters. The lowest BCUT2D eigenvalue weighted by Crippen LogP contribution is -2.17. The van der Waals surface area contributed by atoms with Crippen molar-refractivity contribution in [3.63, 3.8) is 0 Å². The molecular formula is C28H35N3. The Morgan fingerprint density at radius 2 is 1.39 bits per heavy atom. The van der Waals surface area contributed by atoms with E-state index in [1.807, 2.05) is 44.2 Å². The molecule has 31 heavy (non-hydrogen) atoms. The third-order valence-electron chi connectivity index (χ3n) is 4.58. The molecule has 3 aromatic carbocycles. The topological polar surface area (TPSA) is 50.7 Å². The standard InChI is InChI=1S/C26H29N3.C2H6/c1-18(2)17-28-26(29-25(27)24-14-19(3)13-20(4)15-24)23-12-8-11-22(16-23)21-9-6-5-7-10-21;1-2/h5-16,18H,17H2,1-4H3,(H2,27,28,29);1-2H3. The molecule has 0 radical (unpaired) electrons. The average Bonchev–Trinajstić information content (AvgIpc) is 2.77. The Bertz CT molecular complexity index is 1010. The molecular weight excluding hydrogens is 378 g/mol. The number of benzene rings is 3. The van der Waals surface area contributed by atoms with Crippen molar-refractivity contribution in [3.05, 3.63) is 95.1 Å². The fraction of sp³-hybridized carbons (Fsp3) is 0.286. The molecule has 0 saturated carbocycles. The van der Waals surface area contributed by atoms with E-state index in [0.29, 0.717) is 24.1 Å². The minimum atomic E-state index is 0.444. The SMILES string of the molecule is CC.Cc1cc(C)cc(C(N)=NC(=NCC(C)C)c2cccc(-c3ccccc3)c2)c1. The Morgan fingerprint density at radius 1 is 0.774 bits per heavy atom. The van der Waals surface area contributed by atoms with Crippen LogP contribution in [0.4, 0.5) is 0 Å². The van der Waals surface area contributed by atoms with E-state index in [0.717, 1.165) is 16.7 Å². The van der Waals surface area contributed by atoms with Crippen molar-refractivity contribution in [3.8, 4) is 11.1 Å². The molecule has 3 heteroatoms. The maximum atomic E-state index is 6.40. The highest BCUT2D eigenvalue weighted by molar-refractivity contribution is 6.11. The first-order valence-electron chi connectivity index (χ1n) is 11.1. The third-order valence-corrected chi connectivity index (χ3v) is 4.58. The van der Waals surface area contributed by atoms with Crippen LogP contribution in [-0.4, -0.2) is 18.2 Å². The Kier molecular flexibility index (Phi) is 9.20. The lowest BCUT2D eigenvalue weighted by molar-refractivity contribution is 0.665. The zero-order valence-electron chi connectivity index (χ0n) is 19.7. The summed E-state index contributed by atoms with van der Waals surface area (Å²) in [5.41, 5.74) is 12.9. The van der Waals surface area contributed by atoms with Gasteiger partial charge in [0.05, 0.1) is 0 Å². The molecule has 2 N–H and O–H groups in total. The van der Waals surface area contributed by atoms with Crippen molar-refractivity contribution < 1.29 is 0 Å². The molecule has 0 bridgehead atoms. The van der Waals surface area contributed by atoms with Gasteiger partial charge >= 0.3 is 0 Å². The van der Waals surface area contributed by atoms with Crippen LogP contribution in [0.2, 0.25) is 0 Å². The highest BCUT2D eigenvalue weighted by atomic mass is 15.0. The van der Waals surface area contributed by atoms with Crippen molar-refractivity contribution in [2.75, 3.05) is 6.54 Å².